The first kappa shape index (κ1) is 24.0. The molecule has 3 aromatic heterocycles. The highest BCUT2D eigenvalue weighted by Gasteiger charge is 2.44. The van der Waals surface area contributed by atoms with Crippen molar-refractivity contribution in [2.75, 3.05) is 45.5 Å². The van der Waals surface area contributed by atoms with Crippen molar-refractivity contribution in [3.63, 3.8) is 0 Å². The van der Waals surface area contributed by atoms with Crippen molar-refractivity contribution in [1.29, 1.82) is 0 Å². The number of aryl methyl sites for hydroxylation is 1. The van der Waals surface area contributed by atoms with E-state index in [1.165, 1.54) is 0 Å². The number of hydrogen-bond acceptors (Lipinski definition) is 8. The number of nitrogens with one attached hydrogen (secondary N) is 1. The maximum atomic E-state index is 9.77. The highest BCUT2D eigenvalue weighted by Crippen LogP contribution is 2.44. The molecule has 1 spiro atoms. The van der Waals surface area contributed by atoms with Gasteiger partial charge < -0.3 is 33.9 Å². The lowest BCUT2D eigenvalue weighted by atomic mass is 9.89. The normalized spacial score (nSPS) is 20.3. The summed E-state index contributed by atoms with van der Waals surface area (Å²) in [4.78, 5) is 9.62. The number of unbranched alkanes of at least 4 members (excludes halogenated alkanes) is 1. The molecule has 9 nitrogen and oxygen atoms in total. The smallest absolute Gasteiger partial charge is 0.136 e. The van der Waals surface area contributed by atoms with Gasteiger partial charge in [-0.05, 0) is 25.8 Å². The predicted octanol–water partition coefficient (Wildman–Crippen LogP) is 3.38. The van der Waals surface area contributed by atoms with Crippen LogP contribution in [-0.4, -0.2) is 66.0 Å². The van der Waals surface area contributed by atoms with Crippen LogP contribution in [0.15, 0.2) is 24.5 Å². The van der Waals surface area contributed by atoms with Crippen molar-refractivity contribution in [1.82, 2.24) is 14.5 Å². The van der Waals surface area contributed by atoms with Crippen LogP contribution in [0.5, 0.6) is 5.75 Å². The number of ether oxygens (including phenoxy) is 4. The highest BCUT2D eigenvalue weighted by molar-refractivity contribution is 5.96. The number of nitrogens with zero attached hydrogens (tertiary/aromatic N) is 3. The van der Waals surface area contributed by atoms with Crippen LogP contribution in [0.4, 0.5) is 5.82 Å². The number of anilines is 1. The number of methoxy groups -OCH3 is 1. The third kappa shape index (κ3) is 4.73. The van der Waals surface area contributed by atoms with Crippen LogP contribution in [0, 0.1) is 0 Å². The van der Waals surface area contributed by atoms with Crippen LogP contribution in [0.3, 0.4) is 0 Å². The second-order valence-electron chi connectivity index (χ2n) is 9.34. The van der Waals surface area contributed by atoms with Crippen molar-refractivity contribution in [3.05, 3.63) is 35.8 Å². The average Bonchev–Trinajstić information content (AvgIpc) is 3.44. The van der Waals surface area contributed by atoms with Gasteiger partial charge in [-0.25, -0.2) is 9.97 Å². The summed E-state index contributed by atoms with van der Waals surface area (Å²) in [6, 6.07) is 4.01. The van der Waals surface area contributed by atoms with Crippen LogP contribution in [-0.2, 0) is 33.3 Å². The SMILES string of the molecule is COCCCCOc1cc(-c2cn(C)c3cnc(NC(C)O)cc23)nc2c1CCOC21CCOC1. The zero-order chi connectivity index (χ0) is 24.4. The Balaban J connectivity index is 1.60. The van der Waals surface area contributed by atoms with Crippen molar-refractivity contribution >= 4 is 16.7 Å². The summed E-state index contributed by atoms with van der Waals surface area (Å²) in [5.74, 6) is 1.47. The molecule has 0 amide bonds. The molecule has 9 heteroatoms. The molecular weight excluding hydrogens is 448 g/mol. The topological polar surface area (TPSA) is 99.9 Å². The summed E-state index contributed by atoms with van der Waals surface area (Å²) in [6.07, 6.45) is 6.59. The maximum absolute atomic E-state index is 9.77. The fraction of sp³-hybridized carbons (Fsp3) is 0.538. The first-order chi connectivity index (χ1) is 17.0. The minimum Gasteiger partial charge on any atom is -0.493 e. The number of fused-ring (bicyclic) bond motifs is 3. The lowest BCUT2D eigenvalue weighted by Crippen LogP contribution is -2.37. The van der Waals surface area contributed by atoms with E-state index in [1.807, 2.05) is 23.9 Å². The Kier molecular flexibility index (Phi) is 6.93. The van der Waals surface area contributed by atoms with E-state index < -0.39 is 11.8 Å². The van der Waals surface area contributed by atoms with Crippen LogP contribution in [0.25, 0.3) is 22.2 Å². The van der Waals surface area contributed by atoms with Gasteiger partial charge in [0.05, 0.1) is 42.9 Å². The molecule has 5 rings (SSSR count). The molecule has 2 atom stereocenters. The fourth-order valence-corrected chi connectivity index (χ4v) is 5.00. The highest BCUT2D eigenvalue weighted by atomic mass is 16.6. The molecular formula is C26H34N4O5. The van der Waals surface area contributed by atoms with Crippen LogP contribution in [0.1, 0.15) is 37.4 Å². The molecule has 2 aliphatic heterocycles. The summed E-state index contributed by atoms with van der Waals surface area (Å²) in [6.45, 7) is 4.81. The Labute approximate surface area is 205 Å². The van der Waals surface area contributed by atoms with Crippen molar-refractivity contribution in [2.45, 2.75) is 44.4 Å². The van der Waals surface area contributed by atoms with Gasteiger partial charge in [-0.15, -0.1) is 0 Å². The van der Waals surface area contributed by atoms with Gasteiger partial charge in [0.25, 0.3) is 0 Å². The van der Waals surface area contributed by atoms with Crippen LogP contribution >= 0.6 is 0 Å². The Hall–Kier alpha value is -2.72. The summed E-state index contributed by atoms with van der Waals surface area (Å²) in [5, 5.41) is 13.7. The molecule has 3 aromatic rings. The number of aromatic nitrogens is 3. The van der Waals surface area contributed by atoms with Gasteiger partial charge in [-0.1, -0.05) is 0 Å². The lowest BCUT2D eigenvalue weighted by Gasteiger charge is -2.34. The van der Waals surface area contributed by atoms with Crippen molar-refractivity contribution in [3.8, 4) is 17.0 Å². The average molecular weight is 483 g/mol. The summed E-state index contributed by atoms with van der Waals surface area (Å²) >= 11 is 0. The molecule has 1 saturated heterocycles. The van der Waals surface area contributed by atoms with E-state index in [-0.39, 0.29) is 0 Å². The second kappa shape index (κ2) is 10.1. The zero-order valence-electron chi connectivity index (χ0n) is 20.7. The predicted molar refractivity (Wildman–Crippen MR) is 133 cm³/mol. The number of pyridine rings is 2. The molecule has 0 aromatic carbocycles. The van der Waals surface area contributed by atoms with Crippen molar-refractivity contribution < 1.29 is 24.1 Å². The molecule has 1 fully saturated rings. The van der Waals surface area contributed by atoms with Crippen molar-refractivity contribution in [2.24, 2.45) is 7.05 Å². The van der Waals surface area contributed by atoms with Gasteiger partial charge in [-0.3, -0.25) is 0 Å². The third-order valence-corrected chi connectivity index (χ3v) is 6.74. The molecule has 0 bridgehead atoms. The van der Waals surface area contributed by atoms with Crippen LogP contribution < -0.4 is 10.1 Å². The molecule has 2 aliphatic rings. The van der Waals surface area contributed by atoms with E-state index in [2.05, 4.69) is 22.6 Å². The molecule has 188 valence electrons. The van der Waals surface area contributed by atoms with Gasteiger partial charge in [0.2, 0.25) is 0 Å². The number of aliphatic hydroxyl groups excluding tert-OH is 1. The van der Waals surface area contributed by atoms with Gasteiger partial charge in [0.15, 0.2) is 0 Å². The quantitative estimate of drug-likeness (QED) is 0.354. The molecule has 0 aliphatic carbocycles. The summed E-state index contributed by atoms with van der Waals surface area (Å²) in [7, 11) is 3.72. The summed E-state index contributed by atoms with van der Waals surface area (Å²) in [5.41, 5.74) is 4.31. The van der Waals surface area contributed by atoms with E-state index >= 15 is 0 Å². The van der Waals surface area contributed by atoms with E-state index in [4.69, 9.17) is 23.9 Å². The first-order valence-electron chi connectivity index (χ1n) is 12.3. The first-order valence-corrected chi connectivity index (χ1v) is 12.3. The molecule has 0 radical (unpaired) electrons. The van der Waals surface area contributed by atoms with Gasteiger partial charge >= 0.3 is 0 Å². The third-order valence-electron chi connectivity index (χ3n) is 6.74. The Morgan fingerprint density at radius 1 is 1.26 bits per heavy atom. The zero-order valence-corrected chi connectivity index (χ0v) is 20.7. The molecule has 5 heterocycles. The van der Waals surface area contributed by atoms with E-state index in [9.17, 15) is 5.11 Å². The molecule has 2 unspecified atom stereocenters. The molecule has 2 N–H and O–H groups in total. The maximum Gasteiger partial charge on any atom is 0.136 e. The second-order valence-corrected chi connectivity index (χ2v) is 9.34. The lowest BCUT2D eigenvalue weighted by molar-refractivity contribution is -0.0669. The number of rotatable bonds is 9. The summed E-state index contributed by atoms with van der Waals surface area (Å²) < 4.78 is 25.6. The van der Waals surface area contributed by atoms with Gasteiger partial charge in [-0.2, -0.15) is 0 Å². The van der Waals surface area contributed by atoms with E-state index in [0.29, 0.717) is 32.2 Å². The Bertz CT molecular complexity index is 1190. The fourth-order valence-electron chi connectivity index (χ4n) is 5.00. The Morgan fingerprint density at radius 2 is 2.11 bits per heavy atom. The standard InChI is InChI=1S/C26H34N4O5/c1-17(31)28-24-12-19-20(15-30(2)22(19)14-27-24)21-13-23(34-9-5-4-8-32-3)18-6-10-35-26(25(18)29-21)7-11-33-16-26/h12-15,17,31H,4-11,16H2,1-3H3,(H,27,28). The van der Waals surface area contributed by atoms with Gasteiger partial charge in [0, 0.05) is 69.0 Å². The number of hydrogen-bond donors (Lipinski definition) is 2. The Morgan fingerprint density at radius 3 is 2.89 bits per heavy atom. The monoisotopic (exact) mass is 482 g/mol. The minimum absolute atomic E-state index is 0.506. The molecule has 0 saturated carbocycles. The van der Waals surface area contributed by atoms with Gasteiger partial charge in [0.1, 0.15) is 23.4 Å². The largest absolute Gasteiger partial charge is 0.493 e. The number of aliphatic hydroxyl groups is 1. The van der Waals surface area contributed by atoms with E-state index in [0.717, 1.165) is 71.5 Å². The molecule has 35 heavy (non-hydrogen) atoms. The minimum atomic E-state index is -0.702. The van der Waals surface area contributed by atoms with Crippen LogP contribution in [0.2, 0.25) is 0 Å². The van der Waals surface area contributed by atoms with E-state index in [1.54, 1.807) is 14.0 Å².